The number of ether oxygens (including phenoxy) is 1. The van der Waals surface area contributed by atoms with Gasteiger partial charge in [0, 0.05) is 11.1 Å². The maximum Gasteiger partial charge on any atom is 0.266 e. The number of halogens is 2. The van der Waals surface area contributed by atoms with E-state index < -0.39 is 6.10 Å². The van der Waals surface area contributed by atoms with Gasteiger partial charge in [0.25, 0.3) is 5.91 Å². The van der Waals surface area contributed by atoms with Gasteiger partial charge in [0.1, 0.15) is 11.6 Å². The van der Waals surface area contributed by atoms with Crippen LogP contribution in [0.1, 0.15) is 33.2 Å². The fraction of sp³-hybridized carbons (Fsp3) is 0.375. The molecule has 7 heteroatoms. The third-order valence-corrected chi connectivity index (χ3v) is 4.35. The number of benzene rings is 1. The fourth-order valence-electron chi connectivity index (χ4n) is 1.98. The van der Waals surface area contributed by atoms with Crippen molar-refractivity contribution in [2.24, 2.45) is 0 Å². The molecule has 0 unspecified atom stereocenters. The van der Waals surface area contributed by atoms with Crippen LogP contribution in [0.5, 0.6) is 5.75 Å². The molecule has 2 rings (SSSR count). The molecule has 1 heterocycles. The maximum absolute atomic E-state index is 12.3. The molecule has 5 nitrogen and oxygen atoms in total. The average molecular weight is 401 g/mol. The van der Waals surface area contributed by atoms with Gasteiger partial charge >= 0.3 is 0 Å². The number of nitrogens with one attached hydrogen (secondary N) is 1. The van der Waals surface area contributed by atoms with E-state index in [1.165, 1.54) is 0 Å². The van der Waals surface area contributed by atoms with Gasteiger partial charge in [-0.05, 0) is 54.4 Å². The van der Waals surface area contributed by atoms with Gasteiger partial charge in [0.05, 0.1) is 16.7 Å². The van der Waals surface area contributed by atoms with Crippen LogP contribution in [0, 0.1) is 0 Å². The molecule has 0 saturated heterocycles. The second-order valence-corrected chi connectivity index (χ2v) is 6.53. The largest absolute Gasteiger partial charge is 0.480 e. The van der Waals surface area contributed by atoms with Gasteiger partial charge in [-0.2, -0.15) is 5.10 Å². The van der Waals surface area contributed by atoms with Gasteiger partial charge in [-0.3, -0.25) is 4.79 Å². The van der Waals surface area contributed by atoms with Crippen LogP contribution >= 0.6 is 27.5 Å². The Morgan fingerprint density at radius 3 is 2.83 bits per heavy atom. The maximum atomic E-state index is 12.3. The fourth-order valence-corrected chi connectivity index (χ4v) is 2.76. The van der Waals surface area contributed by atoms with E-state index in [-0.39, 0.29) is 11.9 Å². The first kappa shape index (κ1) is 17.8. The van der Waals surface area contributed by atoms with Gasteiger partial charge in [-0.15, -0.1) is 0 Å². The topological polar surface area (TPSA) is 56.2 Å². The van der Waals surface area contributed by atoms with Crippen LogP contribution in [0.15, 0.2) is 34.9 Å². The van der Waals surface area contributed by atoms with E-state index in [0.717, 1.165) is 6.42 Å². The Morgan fingerprint density at radius 2 is 2.17 bits per heavy atom. The molecule has 0 spiro atoms. The molecule has 0 aliphatic heterocycles. The van der Waals surface area contributed by atoms with Crippen molar-refractivity contribution in [2.45, 2.75) is 39.3 Å². The zero-order valence-electron chi connectivity index (χ0n) is 13.2. The lowest BCUT2D eigenvalue weighted by Gasteiger charge is -2.18. The molecule has 1 aromatic heterocycles. The molecule has 2 aromatic rings. The molecule has 124 valence electrons. The molecule has 0 radical (unpaired) electrons. The standard InChI is InChI=1S/C16H19BrClN3O2/c1-4-10(2)21-15(7-8-19-21)20-16(22)11(3)23-14-6-5-12(18)9-13(14)17/h5-11H,4H2,1-3H3,(H,20,22)/t10-,11+/m1/s1. The summed E-state index contributed by atoms with van der Waals surface area (Å²) in [6.07, 6.45) is 1.94. The summed E-state index contributed by atoms with van der Waals surface area (Å²) in [5.41, 5.74) is 0. The monoisotopic (exact) mass is 399 g/mol. The summed E-state index contributed by atoms with van der Waals surface area (Å²) in [5.74, 6) is 0.986. The second kappa shape index (κ2) is 7.84. The van der Waals surface area contributed by atoms with Crippen molar-refractivity contribution in [3.8, 4) is 5.75 Å². The van der Waals surface area contributed by atoms with E-state index >= 15 is 0 Å². The van der Waals surface area contributed by atoms with Crippen LogP contribution in [-0.4, -0.2) is 21.8 Å². The molecule has 1 amide bonds. The minimum Gasteiger partial charge on any atom is -0.480 e. The highest BCUT2D eigenvalue weighted by molar-refractivity contribution is 9.10. The summed E-state index contributed by atoms with van der Waals surface area (Å²) in [6.45, 7) is 5.81. The van der Waals surface area contributed by atoms with E-state index in [9.17, 15) is 4.79 Å². The summed E-state index contributed by atoms with van der Waals surface area (Å²) < 4.78 is 8.19. The Balaban J connectivity index is 2.04. The summed E-state index contributed by atoms with van der Waals surface area (Å²) in [5, 5.41) is 7.69. The molecule has 0 aliphatic rings. The number of carbonyl (C=O) groups is 1. The molecule has 1 aromatic carbocycles. The molecular formula is C16H19BrClN3O2. The van der Waals surface area contributed by atoms with Crippen LogP contribution in [-0.2, 0) is 4.79 Å². The molecule has 23 heavy (non-hydrogen) atoms. The van der Waals surface area contributed by atoms with Gasteiger partial charge in [0.2, 0.25) is 0 Å². The van der Waals surface area contributed by atoms with Crippen molar-refractivity contribution in [1.82, 2.24) is 9.78 Å². The van der Waals surface area contributed by atoms with E-state index in [4.69, 9.17) is 16.3 Å². The molecule has 1 N–H and O–H groups in total. The quantitative estimate of drug-likeness (QED) is 0.766. The first-order valence-electron chi connectivity index (χ1n) is 7.38. The van der Waals surface area contributed by atoms with Crippen molar-refractivity contribution >= 4 is 39.3 Å². The molecule has 0 bridgehead atoms. The van der Waals surface area contributed by atoms with E-state index in [0.29, 0.717) is 21.1 Å². The predicted molar refractivity (Wildman–Crippen MR) is 95.1 cm³/mol. The molecule has 0 fully saturated rings. The highest BCUT2D eigenvalue weighted by Gasteiger charge is 2.19. The van der Waals surface area contributed by atoms with Crippen LogP contribution in [0.25, 0.3) is 0 Å². The number of carbonyl (C=O) groups excluding carboxylic acids is 1. The van der Waals surface area contributed by atoms with Crippen LogP contribution in [0.4, 0.5) is 5.82 Å². The van der Waals surface area contributed by atoms with Crippen molar-refractivity contribution < 1.29 is 9.53 Å². The van der Waals surface area contributed by atoms with E-state index in [2.05, 4.69) is 33.3 Å². The lowest BCUT2D eigenvalue weighted by molar-refractivity contribution is -0.122. The number of amides is 1. The number of anilines is 1. The van der Waals surface area contributed by atoms with E-state index in [1.807, 2.05) is 6.92 Å². The van der Waals surface area contributed by atoms with Crippen molar-refractivity contribution in [3.63, 3.8) is 0 Å². The van der Waals surface area contributed by atoms with Gasteiger partial charge in [-0.1, -0.05) is 18.5 Å². The Morgan fingerprint density at radius 1 is 1.43 bits per heavy atom. The first-order chi connectivity index (χ1) is 10.9. The number of hydrogen-bond donors (Lipinski definition) is 1. The average Bonchev–Trinajstić information content (AvgIpc) is 2.97. The second-order valence-electron chi connectivity index (χ2n) is 5.24. The van der Waals surface area contributed by atoms with Crippen molar-refractivity contribution in [2.75, 3.05) is 5.32 Å². The Hall–Kier alpha value is -1.53. The van der Waals surface area contributed by atoms with Gasteiger partial charge in [-0.25, -0.2) is 4.68 Å². The Kier molecular flexibility index (Phi) is 6.07. The normalized spacial score (nSPS) is 13.4. The minimum atomic E-state index is -0.659. The first-order valence-corrected chi connectivity index (χ1v) is 8.55. The zero-order chi connectivity index (χ0) is 17.0. The van der Waals surface area contributed by atoms with Crippen LogP contribution in [0.3, 0.4) is 0 Å². The summed E-state index contributed by atoms with van der Waals surface area (Å²) in [4.78, 5) is 12.3. The van der Waals surface area contributed by atoms with Crippen molar-refractivity contribution in [3.05, 3.63) is 40.0 Å². The summed E-state index contributed by atoms with van der Waals surface area (Å²) in [7, 11) is 0. The van der Waals surface area contributed by atoms with Gasteiger partial charge < -0.3 is 10.1 Å². The summed E-state index contributed by atoms with van der Waals surface area (Å²) >= 11 is 9.27. The van der Waals surface area contributed by atoms with Gasteiger partial charge in [0.15, 0.2) is 6.10 Å². The summed E-state index contributed by atoms with van der Waals surface area (Å²) in [6, 6.07) is 7.14. The lowest BCUT2D eigenvalue weighted by atomic mass is 10.3. The number of rotatable bonds is 6. The van der Waals surface area contributed by atoms with Crippen molar-refractivity contribution in [1.29, 1.82) is 0 Å². The number of aromatic nitrogens is 2. The predicted octanol–water partition coefficient (Wildman–Crippen LogP) is 4.68. The SMILES string of the molecule is CC[C@@H](C)n1nccc1NC(=O)[C@H](C)Oc1ccc(Cl)cc1Br. The van der Waals surface area contributed by atoms with Crippen LogP contribution in [0.2, 0.25) is 5.02 Å². The van der Waals surface area contributed by atoms with E-state index in [1.54, 1.807) is 42.1 Å². The number of hydrogen-bond acceptors (Lipinski definition) is 3. The Labute approximate surface area is 149 Å². The molecule has 2 atom stereocenters. The minimum absolute atomic E-state index is 0.210. The third-order valence-electron chi connectivity index (χ3n) is 3.50. The smallest absolute Gasteiger partial charge is 0.266 e. The highest BCUT2D eigenvalue weighted by Crippen LogP contribution is 2.29. The van der Waals surface area contributed by atoms with Crippen LogP contribution < -0.4 is 10.1 Å². The number of nitrogens with zero attached hydrogens (tertiary/aromatic N) is 2. The molecule has 0 aliphatic carbocycles. The molecular weight excluding hydrogens is 382 g/mol. The Bertz CT molecular complexity index is 690. The highest BCUT2D eigenvalue weighted by atomic mass is 79.9. The lowest BCUT2D eigenvalue weighted by Crippen LogP contribution is -2.31. The molecule has 0 saturated carbocycles. The zero-order valence-corrected chi connectivity index (χ0v) is 15.6. The third kappa shape index (κ3) is 4.48.